The van der Waals surface area contributed by atoms with E-state index in [2.05, 4.69) is 0 Å². The summed E-state index contributed by atoms with van der Waals surface area (Å²) in [5, 5.41) is 10.8. The normalized spacial score (nSPS) is 14.2. The number of carbonyl (C=O) groups is 2. The molecule has 0 fully saturated rings. The Kier molecular flexibility index (Phi) is 5.13. The monoisotopic (exact) mass is 386 g/mol. The van der Waals surface area contributed by atoms with E-state index in [0.29, 0.717) is 11.1 Å². The standard InChI is InChI=1S/C20H19FN2O5/c1-11(2)18(20(25)28-3)22-10-13-5-4-12(8-16(13)19(22)24)15-7-6-14(23(26)27)9-17(15)21/h4-9,11,18H,10H2,1-3H3/t18-/m0/s1. The number of methoxy groups -OCH3 is 1. The van der Waals surface area contributed by atoms with Crippen LogP contribution in [0.1, 0.15) is 29.8 Å². The average molecular weight is 386 g/mol. The van der Waals surface area contributed by atoms with Gasteiger partial charge in [0, 0.05) is 23.7 Å². The Labute approximate surface area is 160 Å². The summed E-state index contributed by atoms with van der Waals surface area (Å²) in [6, 6.07) is 7.58. The highest BCUT2D eigenvalue weighted by molar-refractivity contribution is 6.01. The first-order chi connectivity index (χ1) is 13.2. The van der Waals surface area contributed by atoms with Crippen molar-refractivity contribution in [2.75, 3.05) is 7.11 Å². The van der Waals surface area contributed by atoms with E-state index in [0.717, 1.165) is 11.6 Å². The zero-order valence-corrected chi connectivity index (χ0v) is 15.6. The molecule has 0 saturated carbocycles. The van der Waals surface area contributed by atoms with E-state index in [-0.39, 0.29) is 29.6 Å². The van der Waals surface area contributed by atoms with Gasteiger partial charge in [0.2, 0.25) is 0 Å². The SMILES string of the molecule is COC(=O)[C@H](C(C)C)N1Cc2ccc(-c3ccc([N+](=O)[O-])cc3F)cc2C1=O. The zero-order valence-electron chi connectivity index (χ0n) is 15.6. The minimum atomic E-state index is -0.744. The van der Waals surface area contributed by atoms with Crippen LogP contribution >= 0.6 is 0 Å². The molecule has 8 heteroatoms. The number of ether oxygens (including phenoxy) is 1. The second-order valence-electron chi connectivity index (χ2n) is 6.94. The molecule has 28 heavy (non-hydrogen) atoms. The molecule has 0 bridgehead atoms. The van der Waals surface area contributed by atoms with Gasteiger partial charge in [-0.2, -0.15) is 0 Å². The maximum atomic E-state index is 14.3. The second-order valence-corrected chi connectivity index (χ2v) is 6.94. The number of fused-ring (bicyclic) bond motifs is 1. The fourth-order valence-corrected chi connectivity index (χ4v) is 3.45. The summed E-state index contributed by atoms with van der Waals surface area (Å²) in [5.74, 6) is -1.70. The van der Waals surface area contributed by atoms with Gasteiger partial charge in [-0.15, -0.1) is 0 Å². The van der Waals surface area contributed by atoms with Crippen molar-refractivity contribution >= 4 is 17.6 Å². The number of nitro benzene ring substituents is 1. The lowest BCUT2D eigenvalue weighted by Gasteiger charge is -2.28. The van der Waals surface area contributed by atoms with Crippen LogP contribution in [-0.2, 0) is 16.1 Å². The lowest BCUT2D eigenvalue weighted by molar-refractivity contribution is -0.385. The van der Waals surface area contributed by atoms with E-state index in [4.69, 9.17) is 4.74 Å². The summed E-state index contributed by atoms with van der Waals surface area (Å²) in [6.07, 6.45) is 0. The lowest BCUT2D eigenvalue weighted by atomic mass is 9.99. The maximum Gasteiger partial charge on any atom is 0.328 e. The Balaban J connectivity index is 1.97. The minimum Gasteiger partial charge on any atom is -0.467 e. The molecule has 1 amide bonds. The summed E-state index contributed by atoms with van der Waals surface area (Å²) < 4.78 is 19.2. The Morgan fingerprint density at radius 1 is 1.21 bits per heavy atom. The van der Waals surface area contributed by atoms with Crippen LogP contribution in [-0.4, -0.2) is 34.9 Å². The molecule has 2 aromatic rings. The molecule has 0 saturated heterocycles. The van der Waals surface area contributed by atoms with Gasteiger partial charge in [-0.1, -0.05) is 26.0 Å². The molecule has 7 nitrogen and oxygen atoms in total. The molecule has 1 aliphatic heterocycles. The Hall–Kier alpha value is -3.29. The van der Waals surface area contributed by atoms with Gasteiger partial charge >= 0.3 is 5.97 Å². The van der Waals surface area contributed by atoms with Gasteiger partial charge in [-0.3, -0.25) is 14.9 Å². The van der Waals surface area contributed by atoms with Gasteiger partial charge in [0.25, 0.3) is 11.6 Å². The fourth-order valence-electron chi connectivity index (χ4n) is 3.45. The third kappa shape index (κ3) is 3.33. The maximum absolute atomic E-state index is 14.3. The first-order valence-electron chi connectivity index (χ1n) is 8.70. The molecule has 0 radical (unpaired) electrons. The summed E-state index contributed by atoms with van der Waals surface area (Å²) in [5.41, 5.74) is 1.35. The van der Waals surface area contributed by atoms with Crippen molar-refractivity contribution in [3.63, 3.8) is 0 Å². The third-order valence-electron chi connectivity index (χ3n) is 4.83. The molecule has 2 aromatic carbocycles. The Bertz CT molecular complexity index is 973. The molecular formula is C20H19FN2O5. The molecule has 0 aliphatic carbocycles. The van der Waals surface area contributed by atoms with Crippen molar-refractivity contribution in [2.45, 2.75) is 26.4 Å². The van der Waals surface area contributed by atoms with Crippen molar-refractivity contribution in [3.05, 3.63) is 63.5 Å². The highest BCUT2D eigenvalue weighted by Crippen LogP contribution is 2.33. The molecular weight excluding hydrogens is 367 g/mol. The van der Waals surface area contributed by atoms with Crippen LogP contribution in [0.15, 0.2) is 36.4 Å². The van der Waals surface area contributed by atoms with Gasteiger partial charge in [0.15, 0.2) is 0 Å². The molecule has 0 N–H and O–H groups in total. The number of nitrogens with zero attached hydrogens (tertiary/aromatic N) is 2. The number of non-ortho nitro benzene ring substituents is 1. The lowest BCUT2D eigenvalue weighted by Crippen LogP contribution is -2.45. The van der Waals surface area contributed by atoms with E-state index in [1.165, 1.54) is 24.1 Å². The molecule has 146 valence electrons. The van der Waals surface area contributed by atoms with Gasteiger partial charge in [-0.25, -0.2) is 9.18 Å². The minimum absolute atomic E-state index is 0.141. The van der Waals surface area contributed by atoms with Crippen LogP contribution in [0, 0.1) is 21.8 Å². The summed E-state index contributed by atoms with van der Waals surface area (Å²) in [4.78, 5) is 36.6. The van der Waals surface area contributed by atoms with Crippen molar-refractivity contribution in [1.29, 1.82) is 0 Å². The van der Waals surface area contributed by atoms with Gasteiger partial charge in [-0.05, 0) is 29.2 Å². The highest BCUT2D eigenvalue weighted by atomic mass is 19.1. The predicted molar refractivity (Wildman–Crippen MR) is 99.0 cm³/mol. The summed E-state index contributed by atoms with van der Waals surface area (Å²) in [7, 11) is 1.28. The van der Waals surface area contributed by atoms with E-state index in [1.54, 1.807) is 18.2 Å². The third-order valence-corrected chi connectivity index (χ3v) is 4.83. The van der Waals surface area contributed by atoms with Crippen molar-refractivity contribution in [1.82, 2.24) is 4.90 Å². The van der Waals surface area contributed by atoms with Crippen LogP contribution in [0.5, 0.6) is 0 Å². The molecule has 0 aromatic heterocycles. The van der Waals surface area contributed by atoms with Crippen LogP contribution in [0.4, 0.5) is 10.1 Å². The number of hydrogen-bond acceptors (Lipinski definition) is 5. The molecule has 1 aliphatic rings. The van der Waals surface area contributed by atoms with Crippen molar-refractivity contribution < 1.29 is 23.6 Å². The van der Waals surface area contributed by atoms with Gasteiger partial charge in [0.05, 0.1) is 18.1 Å². The largest absolute Gasteiger partial charge is 0.467 e. The second kappa shape index (κ2) is 7.38. The van der Waals surface area contributed by atoms with E-state index in [9.17, 15) is 24.1 Å². The number of hydrogen-bond donors (Lipinski definition) is 0. The quantitative estimate of drug-likeness (QED) is 0.445. The highest BCUT2D eigenvalue weighted by Gasteiger charge is 2.38. The van der Waals surface area contributed by atoms with E-state index in [1.807, 2.05) is 13.8 Å². The predicted octanol–water partition coefficient (Wildman–Crippen LogP) is 3.55. The number of benzene rings is 2. The molecule has 1 heterocycles. The Morgan fingerprint density at radius 2 is 1.93 bits per heavy atom. The first-order valence-corrected chi connectivity index (χ1v) is 8.70. The number of carbonyl (C=O) groups excluding carboxylic acids is 2. The number of rotatable bonds is 5. The number of halogens is 1. The number of esters is 1. The van der Waals surface area contributed by atoms with Crippen LogP contribution in [0.25, 0.3) is 11.1 Å². The Morgan fingerprint density at radius 3 is 2.50 bits per heavy atom. The number of nitro groups is 1. The summed E-state index contributed by atoms with van der Waals surface area (Å²) >= 11 is 0. The summed E-state index contributed by atoms with van der Waals surface area (Å²) in [6.45, 7) is 3.92. The van der Waals surface area contributed by atoms with Gasteiger partial charge in [0.1, 0.15) is 11.9 Å². The van der Waals surface area contributed by atoms with Crippen LogP contribution < -0.4 is 0 Å². The topological polar surface area (TPSA) is 89.8 Å². The first kappa shape index (κ1) is 19.5. The van der Waals surface area contributed by atoms with Crippen molar-refractivity contribution in [2.24, 2.45) is 5.92 Å². The van der Waals surface area contributed by atoms with Crippen molar-refractivity contribution in [3.8, 4) is 11.1 Å². The van der Waals surface area contributed by atoms with Gasteiger partial charge < -0.3 is 9.64 Å². The fraction of sp³-hybridized carbons (Fsp3) is 0.300. The molecule has 3 rings (SSSR count). The van der Waals surface area contributed by atoms with Crippen LogP contribution in [0.3, 0.4) is 0 Å². The average Bonchev–Trinajstić information content (AvgIpc) is 2.97. The number of amides is 1. The van der Waals surface area contributed by atoms with Crippen LogP contribution in [0.2, 0.25) is 0 Å². The van der Waals surface area contributed by atoms with E-state index < -0.39 is 22.8 Å². The smallest absolute Gasteiger partial charge is 0.328 e. The molecule has 0 unspecified atom stereocenters. The zero-order chi connectivity index (χ0) is 20.6. The molecule has 1 atom stereocenters. The van der Waals surface area contributed by atoms with E-state index >= 15 is 0 Å². The molecule has 0 spiro atoms.